The minimum absolute atomic E-state index is 0.543. The van der Waals surface area contributed by atoms with Gasteiger partial charge < -0.3 is 0 Å². The summed E-state index contributed by atoms with van der Waals surface area (Å²) in [6.07, 6.45) is 3.11. The molecule has 0 N–H and O–H groups in total. The maximum absolute atomic E-state index is 5.94. The molecule has 0 fully saturated rings. The minimum Gasteiger partial charge on any atom is -0.0922 e. The van der Waals surface area contributed by atoms with Crippen LogP contribution in [-0.2, 0) is 0 Å². The number of halogens is 4. The van der Waals surface area contributed by atoms with Crippen LogP contribution in [0.5, 0.6) is 0 Å². The van der Waals surface area contributed by atoms with E-state index in [0.717, 1.165) is 25.7 Å². The highest BCUT2D eigenvalue weighted by atomic mass is 79.9. The zero-order valence-electron chi connectivity index (χ0n) is 5.58. The summed E-state index contributed by atoms with van der Waals surface area (Å²) in [4.78, 5) is 0. The van der Waals surface area contributed by atoms with Crippen LogP contribution in [0, 0.1) is 5.92 Å². The molecule has 1 aliphatic carbocycles. The Morgan fingerprint density at radius 3 is 2.64 bits per heavy atom. The van der Waals surface area contributed by atoms with E-state index in [-0.39, 0.29) is 0 Å². The zero-order chi connectivity index (χ0) is 8.43. The Kier molecular flexibility index (Phi) is 4.16. The van der Waals surface area contributed by atoms with Crippen molar-refractivity contribution in [3.8, 4) is 0 Å². The second-order valence-electron chi connectivity index (χ2n) is 2.35. The van der Waals surface area contributed by atoms with E-state index in [1.54, 1.807) is 0 Å². The molecule has 0 aromatic heterocycles. The van der Waals surface area contributed by atoms with Crippen LogP contribution in [0.2, 0.25) is 0 Å². The lowest BCUT2D eigenvalue weighted by Gasteiger charge is -2.16. The summed E-state index contributed by atoms with van der Waals surface area (Å²) >= 11 is 16.2. The molecule has 0 spiro atoms. The third-order valence-electron chi connectivity index (χ3n) is 1.47. The third kappa shape index (κ3) is 2.58. The van der Waals surface area contributed by atoms with E-state index in [9.17, 15) is 0 Å². The fourth-order valence-electron chi connectivity index (χ4n) is 0.887. The van der Waals surface area contributed by atoms with Gasteiger partial charge in [0.2, 0.25) is 0 Å². The number of hydrogen-bond donors (Lipinski definition) is 0. The van der Waals surface area contributed by atoms with Gasteiger partial charge in [-0.2, -0.15) is 0 Å². The number of alkyl halides is 1. The van der Waals surface area contributed by atoms with E-state index in [2.05, 4.69) is 53.9 Å². The van der Waals surface area contributed by atoms with E-state index in [1.165, 1.54) is 0 Å². The van der Waals surface area contributed by atoms with Crippen LogP contribution in [0.25, 0.3) is 0 Å². The average Bonchev–Trinajstić information content (AvgIpc) is 1.99. The summed E-state index contributed by atoms with van der Waals surface area (Å²) < 4.78 is 2.07. The molecule has 0 saturated heterocycles. The van der Waals surface area contributed by atoms with Gasteiger partial charge in [-0.25, -0.2) is 0 Å². The zero-order valence-corrected chi connectivity index (χ0v) is 11.1. The molecule has 0 aliphatic heterocycles. The van der Waals surface area contributed by atoms with E-state index in [0.29, 0.717) is 5.92 Å². The molecule has 0 aromatic carbocycles. The lowest BCUT2D eigenvalue weighted by Crippen LogP contribution is -2.03. The molecule has 0 radical (unpaired) electrons. The molecule has 11 heavy (non-hydrogen) atoms. The van der Waals surface area contributed by atoms with Gasteiger partial charge in [0.25, 0.3) is 0 Å². The Morgan fingerprint density at radius 1 is 1.55 bits per heavy atom. The van der Waals surface area contributed by atoms with Crippen molar-refractivity contribution in [3.63, 3.8) is 0 Å². The molecule has 4 heteroatoms. The molecular weight excluding hydrogens is 359 g/mol. The quantitative estimate of drug-likeness (QED) is 0.599. The first-order valence-electron chi connectivity index (χ1n) is 3.13. The SMILES string of the molecule is ClC1=C(Br)CC(CBr)C=C1Br. The molecule has 1 aliphatic rings. The molecule has 1 rings (SSSR count). The van der Waals surface area contributed by atoms with Gasteiger partial charge in [-0.15, -0.1) is 0 Å². The Hall–Kier alpha value is 1.21. The maximum atomic E-state index is 5.94. The largest absolute Gasteiger partial charge is 0.0922 e. The van der Waals surface area contributed by atoms with Crippen molar-refractivity contribution in [1.82, 2.24) is 0 Å². The first-order valence-corrected chi connectivity index (χ1v) is 6.21. The molecule has 0 saturated carbocycles. The van der Waals surface area contributed by atoms with Gasteiger partial charge in [0.05, 0.1) is 5.03 Å². The normalized spacial score (nSPS) is 25.5. The highest BCUT2D eigenvalue weighted by Gasteiger charge is 2.16. The lowest BCUT2D eigenvalue weighted by molar-refractivity contribution is 0.746. The van der Waals surface area contributed by atoms with Gasteiger partial charge in [-0.3, -0.25) is 0 Å². The summed E-state index contributed by atoms with van der Waals surface area (Å²) in [5, 5.41) is 1.77. The van der Waals surface area contributed by atoms with E-state index in [4.69, 9.17) is 11.6 Å². The van der Waals surface area contributed by atoms with Crippen LogP contribution in [-0.4, -0.2) is 5.33 Å². The molecule has 0 bridgehead atoms. The molecule has 0 nitrogen and oxygen atoms in total. The van der Waals surface area contributed by atoms with Gasteiger partial charge in [-0.05, 0) is 28.3 Å². The van der Waals surface area contributed by atoms with Crippen molar-refractivity contribution in [2.75, 3.05) is 5.33 Å². The fraction of sp³-hybridized carbons (Fsp3) is 0.429. The molecule has 62 valence electrons. The van der Waals surface area contributed by atoms with Gasteiger partial charge in [0, 0.05) is 14.3 Å². The Morgan fingerprint density at radius 2 is 2.18 bits per heavy atom. The fourth-order valence-corrected chi connectivity index (χ4v) is 2.95. The van der Waals surface area contributed by atoms with Gasteiger partial charge in [0.1, 0.15) is 0 Å². The number of allylic oxidation sites excluding steroid dienone is 4. The number of hydrogen-bond acceptors (Lipinski definition) is 0. The van der Waals surface area contributed by atoms with Gasteiger partial charge >= 0.3 is 0 Å². The lowest BCUT2D eigenvalue weighted by atomic mass is 10.0. The Labute approximate surface area is 96.4 Å². The van der Waals surface area contributed by atoms with E-state index < -0.39 is 0 Å². The standard InChI is InChI=1S/C7H6Br3Cl/c8-3-4-1-5(9)7(11)6(10)2-4/h1,4H,2-3H2. The van der Waals surface area contributed by atoms with Crippen LogP contribution in [0.15, 0.2) is 20.1 Å². The van der Waals surface area contributed by atoms with Gasteiger partial charge in [0.15, 0.2) is 0 Å². The monoisotopic (exact) mass is 362 g/mol. The molecule has 0 aromatic rings. The molecule has 1 atom stereocenters. The van der Waals surface area contributed by atoms with E-state index >= 15 is 0 Å². The Balaban J connectivity index is 2.82. The minimum atomic E-state index is 0.543. The van der Waals surface area contributed by atoms with Crippen molar-refractivity contribution >= 4 is 59.4 Å². The molecular formula is C7H6Br3Cl. The van der Waals surface area contributed by atoms with Crippen molar-refractivity contribution in [1.29, 1.82) is 0 Å². The summed E-state index contributed by atoms with van der Waals surface area (Å²) in [7, 11) is 0. The Bertz CT molecular complexity index is 220. The second-order valence-corrected chi connectivity index (χ2v) is 5.19. The van der Waals surface area contributed by atoms with Gasteiger partial charge in [-0.1, -0.05) is 49.5 Å². The predicted octanol–water partition coefficient (Wildman–Crippen LogP) is 4.53. The second kappa shape index (κ2) is 4.45. The van der Waals surface area contributed by atoms with Crippen molar-refractivity contribution in [2.45, 2.75) is 6.42 Å². The maximum Gasteiger partial charge on any atom is 0.0646 e. The molecule has 0 amide bonds. The van der Waals surface area contributed by atoms with E-state index in [1.807, 2.05) is 0 Å². The summed E-state index contributed by atoms with van der Waals surface area (Å²) in [5.74, 6) is 0.543. The summed E-state index contributed by atoms with van der Waals surface area (Å²) in [6.45, 7) is 0. The van der Waals surface area contributed by atoms with Crippen LogP contribution in [0.4, 0.5) is 0 Å². The summed E-state index contributed by atoms with van der Waals surface area (Å²) in [5.41, 5.74) is 0. The first kappa shape index (κ1) is 10.3. The van der Waals surface area contributed by atoms with Crippen molar-refractivity contribution in [3.05, 3.63) is 20.1 Å². The highest BCUT2D eigenvalue weighted by molar-refractivity contribution is 9.12. The average molecular weight is 365 g/mol. The number of rotatable bonds is 1. The predicted molar refractivity (Wildman–Crippen MR) is 60.7 cm³/mol. The van der Waals surface area contributed by atoms with Crippen molar-refractivity contribution < 1.29 is 0 Å². The highest BCUT2D eigenvalue weighted by Crippen LogP contribution is 2.37. The third-order valence-corrected chi connectivity index (χ3v) is 4.57. The van der Waals surface area contributed by atoms with Crippen LogP contribution < -0.4 is 0 Å². The van der Waals surface area contributed by atoms with Crippen LogP contribution in [0.3, 0.4) is 0 Å². The molecule has 1 unspecified atom stereocenters. The van der Waals surface area contributed by atoms with Crippen molar-refractivity contribution in [2.24, 2.45) is 5.92 Å². The van der Waals surface area contributed by atoms with Crippen LogP contribution >= 0.6 is 59.4 Å². The topological polar surface area (TPSA) is 0 Å². The smallest absolute Gasteiger partial charge is 0.0646 e. The first-order chi connectivity index (χ1) is 5.15. The summed E-state index contributed by atoms with van der Waals surface area (Å²) in [6, 6.07) is 0. The molecule has 0 heterocycles. The van der Waals surface area contributed by atoms with Crippen LogP contribution in [0.1, 0.15) is 6.42 Å².